The van der Waals surface area contributed by atoms with Gasteiger partial charge in [0.05, 0.1) is 6.42 Å². The molecular weight excluding hydrogens is 202 g/mol. The van der Waals surface area contributed by atoms with Crippen molar-refractivity contribution in [1.29, 1.82) is 0 Å². The zero-order chi connectivity index (χ0) is 10.4. The Kier molecular flexibility index (Phi) is 4.43. The number of rotatable bonds is 5. The van der Waals surface area contributed by atoms with Crippen LogP contribution in [0.4, 0.5) is 0 Å². The Bertz CT molecular complexity index is 315. The lowest BCUT2D eigenvalue weighted by atomic mass is 10.2. The third-order valence-corrected chi connectivity index (χ3v) is 2.16. The van der Waals surface area contributed by atoms with Crippen molar-refractivity contribution in [3.05, 3.63) is 34.9 Å². The number of carboxylic acid groups (broad SMARTS) is 1. The largest absolute Gasteiger partial charge is 0.481 e. The molecule has 0 heterocycles. The Morgan fingerprint density at radius 1 is 1.43 bits per heavy atom. The smallest absolute Gasteiger partial charge is 0.304 e. The Balaban J connectivity index is 2.31. The summed E-state index contributed by atoms with van der Waals surface area (Å²) in [5.41, 5.74) is 0.986. The summed E-state index contributed by atoms with van der Waals surface area (Å²) < 4.78 is 0. The van der Waals surface area contributed by atoms with Crippen LogP contribution in [0.5, 0.6) is 0 Å². The van der Waals surface area contributed by atoms with Crippen molar-refractivity contribution in [1.82, 2.24) is 5.32 Å². The van der Waals surface area contributed by atoms with Crippen LogP contribution in [-0.4, -0.2) is 17.6 Å². The van der Waals surface area contributed by atoms with Crippen molar-refractivity contribution in [3.8, 4) is 0 Å². The van der Waals surface area contributed by atoms with Crippen molar-refractivity contribution >= 4 is 17.6 Å². The molecule has 0 aliphatic carbocycles. The van der Waals surface area contributed by atoms with E-state index in [-0.39, 0.29) is 6.42 Å². The Labute approximate surface area is 87.7 Å². The van der Waals surface area contributed by atoms with Gasteiger partial charge >= 0.3 is 5.97 Å². The normalized spacial score (nSPS) is 10.1. The first-order valence-electron chi connectivity index (χ1n) is 4.36. The third kappa shape index (κ3) is 3.77. The van der Waals surface area contributed by atoms with Gasteiger partial charge in [-0.2, -0.15) is 0 Å². The highest BCUT2D eigenvalue weighted by atomic mass is 35.5. The van der Waals surface area contributed by atoms with Crippen LogP contribution in [0.1, 0.15) is 12.0 Å². The van der Waals surface area contributed by atoms with Crippen LogP contribution >= 0.6 is 11.6 Å². The highest BCUT2D eigenvalue weighted by Crippen LogP contribution is 2.13. The van der Waals surface area contributed by atoms with Gasteiger partial charge in [0.2, 0.25) is 0 Å². The fraction of sp³-hybridized carbons (Fsp3) is 0.300. The van der Waals surface area contributed by atoms with E-state index in [0.717, 1.165) is 5.56 Å². The zero-order valence-corrected chi connectivity index (χ0v) is 8.42. The maximum absolute atomic E-state index is 10.2. The van der Waals surface area contributed by atoms with E-state index in [1.54, 1.807) is 0 Å². The molecule has 0 amide bonds. The summed E-state index contributed by atoms with van der Waals surface area (Å²) >= 11 is 5.91. The predicted octanol–water partition coefficient (Wildman–Crippen LogP) is 1.90. The van der Waals surface area contributed by atoms with Crippen molar-refractivity contribution in [3.63, 3.8) is 0 Å². The number of carboxylic acids is 1. The summed E-state index contributed by atoms with van der Waals surface area (Å²) in [4.78, 5) is 10.2. The average molecular weight is 214 g/mol. The molecule has 0 spiro atoms. The van der Waals surface area contributed by atoms with Gasteiger partial charge in [0, 0.05) is 18.1 Å². The van der Waals surface area contributed by atoms with E-state index in [9.17, 15) is 4.79 Å². The number of hydrogen-bond acceptors (Lipinski definition) is 2. The summed E-state index contributed by atoms with van der Waals surface area (Å²) in [6.45, 7) is 1.06. The lowest BCUT2D eigenvalue weighted by molar-refractivity contribution is -0.136. The van der Waals surface area contributed by atoms with Crippen molar-refractivity contribution in [2.24, 2.45) is 0 Å². The van der Waals surface area contributed by atoms with Crippen LogP contribution in [0.25, 0.3) is 0 Å². The Morgan fingerprint density at radius 3 is 2.79 bits per heavy atom. The van der Waals surface area contributed by atoms with Crippen LogP contribution in [0.2, 0.25) is 5.02 Å². The van der Waals surface area contributed by atoms with Crippen LogP contribution in [0.3, 0.4) is 0 Å². The second-order valence-corrected chi connectivity index (χ2v) is 3.32. The van der Waals surface area contributed by atoms with Gasteiger partial charge in [-0.25, -0.2) is 0 Å². The maximum Gasteiger partial charge on any atom is 0.304 e. The number of halogens is 1. The SMILES string of the molecule is O=C(O)CCNCc1ccccc1Cl. The van der Waals surface area contributed by atoms with Crippen molar-refractivity contribution in [2.75, 3.05) is 6.54 Å². The number of carbonyl (C=O) groups is 1. The lowest BCUT2D eigenvalue weighted by Gasteiger charge is -2.04. The molecule has 4 heteroatoms. The fourth-order valence-electron chi connectivity index (χ4n) is 1.06. The first-order chi connectivity index (χ1) is 6.70. The number of nitrogens with one attached hydrogen (secondary N) is 1. The molecule has 3 nitrogen and oxygen atoms in total. The second kappa shape index (κ2) is 5.62. The molecule has 0 aliphatic rings. The summed E-state index contributed by atoms with van der Waals surface area (Å²) in [5.74, 6) is -0.795. The van der Waals surface area contributed by atoms with Gasteiger partial charge in [-0.1, -0.05) is 29.8 Å². The maximum atomic E-state index is 10.2. The molecule has 76 valence electrons. The van der Waals surface area contributed by atoms with E-state index in [1.807, 2.05) is 24.3 Å². The summed E-state index contributed by atoms with van der Waals surface area (Å²) in [6, 6.07) is 7.50. The molecule has 0 unspecified atom stereocenters. The van der Waals surface area contributed by atoms with Crippen LogP contribution in [0, 0.1) is 0 Å². The molecule has 0 saturated carbocycles. The average Bonchev–Trinajstić information content (AvgIpc) is 2.15. The van der Waals surface area contributed by atoms with E-state index >= 15 is 0 Å². The molecule has 0 aromatic heterocycles. The van der Waals surface area contributed by atoms with Gasteiger partial charge in [0.15, 0.2) is 0 Å². The first kappa shape index (κ1) is 11.0. The highest BCUT2D eigenvalue weighted by Gasteiger charge is 1.99. The van der Waals surface area contributed by atoms with Gasteiger partial charge in [0.25, 0.3) is 0 Å². The summed E-state index contributed by atoms with van der Waals surface area (Å²) in [7, 11) is 0. The van der Waals surface area contributed by atoms with E-state index in [0.29, 0.717) is 18.1 Å². The third-order valence-electron chi connectivity index (χ3n) is 1.79. The van der Waals surface area contributed by atoms with Gasteiger partial charge in [-0.05, 0) is 11.6 Å². The topological polar surface area (TPSA) is 49.3 Å². The van der Waals surface area contributed by atoms with Gasteiger partial charge < -0.3 is 10.4 Å². The number of aliphatic carboxylic acids is 1. The van der Waals surface area contributed by atoms with Crippen LogP contribution < -0.4 is 5.32 Å². The fourth-order valence-corrected chi connectivity index (χ4v) is 1.26. The quantitative estimate of drug-likeness (QED) is 0.735. The van der Waals surface area contributed by atoms with Crippen LogP contribution in [0.15, 0.2) is 24.3 Å². The minimum Gasteiger partial charge on any atom is -0.481 e. The summed E-state index contributed by atoms with van der Waals surface area (Å²) in [6.07, 6.45) is 0.129. The van der Waals surface area contributed by atoms with E-state index < -0.39 is 5.97 Å². The van der Waals surface area contributed by atoms with Crippen LogP contribution in [-0.2, 0) is 11.3 Å². The van der Waals surface area contributed by atoms with Gasteiger partial charge in [-0.15, -0.1) is 0 Å². The summed E-state index contributed by atoms with van der Waals surface area (Å²) in [5, 5.41) is 12.1. The van der Waals surface area contributed by atoms with Gasteiger partial charge in [0.1, 0.15) is 0 Å². The molecule has 0 aliphatic heterocycles. The van der Waals surface area contributed by atoms with E-state index in [1.165, 1.54) is 0 Å². The number of hydrogen-bond donors (Lipinski definition) is 2. The Morgan fingerprint density at radius 2 is 2.14 bits per heavy atom. The lowest BCUT2D eigenvalue weighted by Crippen LogP contribution is -2.17. The van der Waals surface area contributed by atoms with Crippen molar-refractivity contribution in [2.45, 2.75) is 13.0 Å². The molecule has 1 aromatic rings. The molecule has 1 rings (SSSR count). The monoisotopic (exact) mass is 213 g/mol. The first-order valence-corrected chi connectivity index (χ1v) is 4.74. The Hall–Kier alpha value is -1.06. The molecule has 14 heavy (non-hydrogen) atoms. The van der Waals surface area contributed by atoms with Gasteiger partial charge in [-0.3, -0.25) is 4.79 Å². The molecule has 0 saturated heterocycles. The van der Waals surface area contributed by atoms with E-state index in [4.69, 9.17) is 16.7 Å². The molecule has 0 fully saturated rings. The number of benzene rings is 1. The minimum absolute atomic E-state index is 0.129. The minimum atomic E-state index is -0.795. The molecule has 0 radical (unpaired) electrons. The standard InChI is InChI=1S/C10H12ClNO2/c11-9-4-2-1-3-8(9)7-12-6-5-10(13)14/h1-4,12H,5-7H2,(H,13,14). The second-order valence-electron chi connectivity index (χ2n) is 2.91. The highest BCUT2D eigenvalue weighted by molar-refractivity contribution is 6.31. The zero-order valence-electron chi connectivity index (χ0n) is 7.66. The molecule has 1 aromatic carbocycles. The molecule has 0 bridgehead atoms. The van der Waals surface area contributed by atoms with Crippen molar-refractivity contribution < 1.29 is 9.90 Å². The molecule has 0 atom stereocenters. The predicted molar refractivity (Wildman–Crippen MR) is 55.4 cm³/mol. The molecule has 2 N–H and O–H groups in total. The van der Waals surface area contributed by atoms with E-state index in [2.05, 4.69) is 5.32 Å². The molecular formula is C10H12ClNO2.